The smallest absolute Gasteiger partial charge is 0.346 e. The monoisotopic (exact) mass is 435 g/mol. The second kappa shape index (κ2) is 9.91. The minimum Gasteiger partial charge on any atom is -0.477 e. The number of nitrogens with zero attached hydrogens (tertiary/aromatic N) is 1. The Kier molecular flexibility index (Phi) is 6.60. The van der Waals surface area contributed by atoms with Gasteiger partial charge in [-0.15, -0.1) is 11.3 Å². The Hall–Kier alpha value is -3.94. The van der Waals surface area contributed by atoms with Crippen molar-refractivity contribution in [1.29, 1.82) is 5.26 Å². The average molecular weight is 436 g/mol. The molecular weight excluding hydrogens is 414 g/mol. The summed E-state index contributed by atoms with van der Waals surface area (Å²) in [4.78, 5) is 12.9. The molecule has 32 heavy (non-hydrogen) atoms. The predicted molar refractivity (Wildman–Crippen MR) is 131 cm³/mol. The Bertz CT molecular complexity index is 1240. The van der Waals surface area contributed by atoms with Crippen molar-refractivity contribution in [3.63, 3.8) is 0 Å². The van der Waals surface area contributed by atoms with Crippen molar-refractivity contribution < 1.29 is 9.90 Å². The topological polar surface area (TPSA) is 61.1 Å². The minimum atomic E-state index is -1.20. The molecular formula is C28H21NO2S. The number of hydrogen-bond acceptors (Lipinski definition) is 3. The van der Waals surface area contributed by atoms with Gasteiger partial charge in [-0.05, 0) is 58.9 Å². The highest BCUT2D eigenvalue weighted by Crippen LogP contribution is 2.34. The van der Waals surface area contributed by atoms with E-state index in [1.54, 1.807) is 6.07 Å². The first-order chi connectivity index (χ1) is 15.6. The van der Waals surface area contributed by atoms with Crippen LogP contribution in [-0.2, 0) is 4.79 Å². The van der Waals surface area contributed by atoms with Crippen LogP contribution in [0.25, 0.3) is 17.2 Å². The molecule has 2 aromatic carbocycles. The van der Waals surface area contributed by atoms with Crippen LogP contribution >= 0.6 is 11.3 Å². The molecule has 0 aliphatic heterocycles. The summed E-state index contributed by atoms with van der Waals surface area (Å²) in [5, 5.41) is 18.0. The molecule has 0 radical (unpaired) electrons. The third-order valence-corrected chi connectivity index (χ3v) is 6.37. The summed E-state index contributed by atoms with van der Waals surface area (Å²) in [5.41, 5.74) is 5.83. The maximum Gasteiger partial charge on any atom is 0.346 e. The van der Waals surface area contributed by atoms with Gasteiger partial charge in [-0.1, -0.05) is 78.9 Å². The van der Waals surface area contributed by atoms with E-state index < -0.39 is 5.97 Å². The van der Waals surface area contributed by atoms with E-state index in [-0.39, 0.29) is 5.57 Å². The van der Waals surface area contributed by atoms with Gasteiger partial charge in [-0.2, -0.15) is 5.26 Å². The fourth-order valence-electron chi connectivity index (χ4n) is 3.62. The number of rotatable bonds is 6. The van der Waals surface area contributed by atoms with Gasteiger partial charge in [0.1, 0.15) is 11.6 Å². The molecule has 156 valence electrons. The molecule has 0 fully saturated rings. The van der Waals surface area contributed by atoms with Crippen molar-refractivity contribution in [2.45, 2.75) is 12.8 Å². The summed E-state index contributed by atoms with van der Waals surface area (Å²) in [7, 11) is 0. The number of allylic oxidation sites excluding steroid dienone is 5. The van der Waals surface area contributed by atoms with E-state index in [9.17, 15) is 4.79 Å². The third-order valence-electron chi connectivity index (χ3n) is 5.26. The number of hydrogen-bond donors (Lipinski definition) is 1. The molecule has 1 aliphatic rings. The molecule has 0 bridgehead atoms. The molecule has 0 atom stereocenters. The Morgan fingerprint density at radius 1 is 0.875 bits per heavy atom. The second-order valence-electron chi connectivity index (χ2n) is 7.40. The molecule has 0 saturated carbocycles. The van der Waals surface area contributed by atoms with Gasteiger partial charge in [0.2, 0.25) is 0 Å². The SMILES string of the molecule is N#C/C(=C/c1ccc(C2=CC=C(C=C(c3ccccc3)c3ccccc3)CC2)s1)C(=O)O. The van der Waals surface area contributed by atoms with E-state index in [4.69, 9.17) is 10.4 Å². The molecule has 3 aromatic rings. The highest BCUT2D eigenvalue weighted by atomic mass is 32.1. The van der Waals surface area contributed by atoms with Crippen LogP contribution in [0, 0.1) is 11.3 Å². The number of carbonyl (C=O) groups is 1. The standard InChI is InChI=1S/C28H21NO2S/c29-19-24(28(30)31)18-25-15-16-27(32-25)23-13-11-20(12-14-23)17-26(21-7-3-1-4-8-21)22-9-5-2-6-10-22/h1-11,13,15-18H,12,14H2,(H,30,31)/b24-18-. The lowest BCUT2D eigenvalue weighted by atomic mass is 9.91. The third kappa shape index (κ3) is 5.03. The zero-order chi connectivity index (χ0) is 22.3. The molecule has 0 saturated heterocycles. The Morgan fingerprint density at radius 3 is 2.06 bits per heavy atom. The largest absolute Gasteiger partial charge is 0.477 e. The number of benzene rings is 2. The first-order valence-corrected chi connectivity index (χ1v) is 11.1. The van der Waals surface area contributed by atoms with E-state index in [0.29, 0.717) is 0 Å². The predicted octanol–water partition coefficient (Wildman–Crippen LogP) is 6.98. The molecule has 1 aromatic heterocycles. The van der Waals surface area contributed by atoms with Gasteiger partial charge in [-0.25, -0.2) is 4.79 Å². The van der Waals surface area contributed by atoms with E-state index in [1.165, 1.54) is 45.3 Å². The van der Waals surface area contributed by atoms with Crippen molar-refractivity contribution in [3.8, 4) is 6.07 Å². The first-order valence-electron chi connectivity index (χ1n) is 10.3. The molecule has 0 amide bonds. The number of carboxylic acid groups (broad SMARTS) is 1. The molecule has 4 rings (SSSR count). The molecule has 3 nitrogen and oxygen atoms in total. The van der Waals surface area contributed by atoms with Crippen LogP contribution in [0.5, 0.6) is 0 Å². The van der Waals surface area contributed by atoms with Crippen LogP contribution in [0.2, 0.25) is 0 Å². The van der Waals surface area contributed by atoms with Crippen LogP contribution in [0.4, 0.5) is 0 Å². The number of carboxylic acids is 1. The Morgan fingerprint density at radius 2 is 1.53 bits per heavy atom. The highest BCUT2D eigenvalue weighted by molar-refractivity contribution is 7.14. The van der Waals surface area contributed by atoms with E-state index in [0.717, 1.165) is 22.6 Å². The lowest BCUT2D eigenvalue weighted by molar-refractivity contribution is -0.132. The van der Waals surface area contributed by atoms with Crippen LogP contribution in [0.3, 0.4) is 0 Å². The zero-order valence-electron chi connectivity index (χ0n) is 17.4. The van der Waals surface area contributed by atoms with Gasteiger partial charge in [0.25, 0.3) is 0 Å². The van der Waals surface area contributed by atoms with Crippen molar-refractivity contribution in [2.24, 2.45) is 0 Å². The maximum atomic E-state index is 11.1. The summed E-state index contributed by atoms with van der Waals surface area (Å²) in [6.07, 6.45) is 9.84. The summed E-state index contributed by atoms with van der Waals surface area (Å²) in [6, 6.07) is 26.4. The average Bonchev–Trinajstić information content (AvgIpc) is 3.31. The van der Waals surface area contributed by atoms with Crippen molar-refractivity contribution >= 4 is 34.5 Å². The minimum absolute atomic E-state index is 0.252. The molecule has 0 spiro atoms. The van der Waals surface area contributed by atoms with Gasteiger partial charge < -0.3 is 5.11 Å². The number of thiophene rings is 1. The maximum absolute atomic E-state index is 11.1. The van der Waals surface area contributed by atoms with Crippen molar-refractivity contribution in [1.82, 2.24) is 0 Å². The van der Waals surface area contributed by atoms with Crippen LogP contribution in [-0.4, -0.2) is 11.1 Å². The molecule has 1 N–H and O–H groups in total. The van der Waals surface area contributed by atoms with Gasteiger partial charge in [0.15, 0.2) is 0 Å². The second-order valence-corrected chi connectivity index (χ2v) is 8.52. The van der Waals surface area contributed by atoms with Crippen molar-refractivity contribution in [3.05, 3.63) is 123 Å². The normalized spacial score (nSPS) is 13.5. The van der Waals surface area contributed by atoms with E-state index >= 15 is 0 Å². The van der Waals surface area contributed by atoms with Crippen molar-refractivity contribution in [2.75, 3.05) is 0 Å². The summed E-state index contributed by atoms with van der Waals surface area (Å²) in [6.45, 7) is 0. The van der Waals surface area contributed by atoms with Gasteiger partial charge >= 0.3 is 5.97 Å². The fraction of sp³-hybridized carbons (Fsp3) is 0.0714. The molecule has 1 aliphatic carbocycles. The van der Waals surface area contributed by atoms with Crippen LogP contribution in [0.15, 0.2) is 102 Å². The molecule has 0 unspecified atom stereocenters. The quantitative estimate of drug-likeness (QED) is 0.336. The van der Waals surface area contributed by atoms with Gasteiger partial charge in [0.05, 0.1) is 0 Å². The number of aliphatic carboxylic acids is 1. The Labute approximate surface area is 191 Å². The fourth-order valence-corrected chi connectivity index (χ4v) is 4.62. The van der Waals surface area contributed by atoms with Crippen LogP contribution < -0.4 is 0 Å². The van der Waals surface area contributed by atoms with Gasteiger partial charge in [0, 0.05) is 9.75 Å². The number of nitriles is 1. The summed E-state index contributed by atoms with van der Waals surface area (Å²) >= 11 is 1.51. The highest BCUT2D eigenvalue weighted by Gasteiger charge is 2.13. The Balaban J connectivity index is 1.62. The van der Waals surface area contributed by atoms with Crippen LogP contribution in [0.1, 0.15) is 33.7 Å². The lowest BCUT2D eigenvalue weighted by Crippen LogP contribution is -1.96. The zero-order valence-corrected chi connectivity index (χ0v) is 18.2. The van der Waals surface area contributed by atoms with E-state index in [1.807, 2.05) is 24.3 Å². The summed E-state index contributed by atoms with van der Waals surface area (Å²) in [5.74, 6) is -1.20. The summed E-state index contributed by atoms with van der Waals surface area (Å²) < 4.78 is 0. The van der Waals surface area contributed by atoms with E-state index in [2.05, 4.69) is 66.8 Å². The first kappa shape index (κ1) is 21.3. The molecule has 1 heterocycles. The lowest BCUT2D eigenvalue weighted by Gasteiger charge is -2.14. The molecule has 4 heteroatoms. The van der Waals surface area contributed by atoms with Gasteiger partial charge in [-0.3, -0.25) is 0 Å².